The van der Waals surface area contributed by atoms with E-state index in [1.165, 1.54) is 18.2 Å². The van der Waals surface area contributed by atoms with E-state index in [4.69, 9.17) is 0 Å². The first kappa shape index (κ1) is 34.8. The molecule has 0 aliphatic rings. The van der Waals surface area contributed by atoms with E-state index < -0.39 is 9.85 Å². The topological polar surface area (TPSA) is 156 Å². The van der Waals surface area contributed by atoms with Gasteiger partial charge in [0.15, 0.2) is 0 Å². The number of hydrogen-bond donors (Lipinski definition) is 0. The number of nitro benzene ring substituents is 2. The molecule has 54 heavy (non-hydrogen) atoms. The lowest BCUT2D eigenvalue weighted by Gasteiger charge is -2.12. The minimum absolute atomic E-state index is 0.0239. The van der Waals surface area contributed by atoms with E-state index in [0.717, 1.165) is 16.6 Å². The molecule has 2 aromatic heterocycles. The SMILES string of the molecule is O=c1c(-c2ccc([N+](=O)[O-])cc2)nc2ccccc2n1Cc1ccccc1.O=c1c(-c2ccccc2[N+](=O)[O-])nc2ccccc2n1Cc1ccccc1. The van der Waals surface area contributed by atoms with E-state index >= 15 is 0 Å². The Morgan fingerprint density at radius 1 is 0.481 bits per heavy atom. The van der Waals surface area contributed by atoms with Gasteiger partial charge in [-0.25, -0.2) is 9.97 Å². The Morgan fingerprint density at radius 2 is 0.926 bits per heavy atom. The third kappa shape index (κ3) is 7.25. The van der Waals surface area contributed by atoms with Crippen molar-refractivity contribution in [2.75, 3.05) is 0 Å². The fraction of sp³-hybridized carbons (Fsp3) is 0.0476. The summed E-state index contributed by atoms with van der Waals surface area (Å²) in [6.07, 6.45) is 0. The van der Waals surface area contributed by atoms with Crippen LogP contribution in [-0.4, -0.2) is 28.9 Å². The Balaban J connectivity index is 0.000000167. The van der Waals surface area contributed by atoms with Gasteiger partial charge in [0.05, 0.1) is 50.6 Å². The Hall–Kier alpha value is -7.60. The van der Waals surface area contributed by atoms with Crippen LogP contribution in [0.3, 0.4) is 0 Å². The molecular formula is C42H30N6O6. The molecule has 0 N–H and O–H groups in total. The van der Waals surface area contributed by atoms with Crippen LogP contribution in [0.25, 0.3) is 44.6 Å². The third-order valence-corrected chi connectivity index (χ3v) is 8.78. The van der Waals surface area contributed by atoms with Gasteiger partial charge in [-0.2, -0.15) is 0 Å². The molecule has 8 aromatic rings. The number of non-ortho nitro benzene ring substituents is 1. The monoisotopic (exact) mass is 714 g/mol. The molecule has 0 radical (unpaired) electrons. The molecule has 0 aliphatic carbocycles. The molecule has 0 aliphatic heterocycles. The normalized spacial score (nSPS) is 10.8. The number of aromatic nitrogens is 4. The van der Waals surface area contributed by atoms with Gasteiger partial charge < -0.3 is 9.13 Å². The average Bonchev–Trinajstić information content (AvgIpc) is 3.21. The maximum Gasteiger partial charge on any atom is 0.278 e. The van der Waals surface area contributed by atoms with Gasteiger partial charge in [-0.15, -0.1) is 0 Å². The number of hydrogen-bond acceptors (Lipinski definition) is 8. The maximum atomic E-state index is 13.2. The lowest BCUT2D eigenvalue weighted by molar-refractivity contribution is -0.384. The number of para-hydroxylation sites is 5. The molecule has 0 bridgehead atoms. The average molecular weight is 715 g/mol. The maximum absolute atomic E-state index is 13.2. The van der Waals surface area contributed by atoms with Gasteiger partial charge in [0, 0.05) is 23.8 Å². The molecular weight excluding hydrogens is 684 g/mol. The molecule has 0 saturated heterocycles. The van der Waals surface area contributed by atoms with E-state index in [0.29, 0.717) is 35.2 Å². The summed E-state index contributed by atoms with van der Waals surface area (Å²) >= 11 is 0. The Labute approximate surface area is 307 Å². The molecule has 12 heteroatoms. The molecule has 2 heterocycles. The summed E-state index contributed by atoms with van der Waals surface area (Å²) in [6.45, 7) is 0.777. The molecule has 0 fully saturated rings. The van der Waals surface area contributed by atoms with Gasteiger partial charge in [0.25, 0.3) is 22.5 Å². The van der Waals surface area contributed by atoms with Gasteiger partial charge in [-0.3, -0.25) is 29.8 Å². The molecule has 12 nitrogen and oxygen atoms in total. The van der Waals surface area contributed by atoms with Crippen molar-refractivity contribution in [3.05, 3.63) is 210 Å². The summed E-state index contributed by atoms with van der Waals surface area (Å²) in [5.74, 6) is 0. The molecule has 0 atom stereocenters. The first-order chi connectivity index (χ1) is 26.3. The molecule has 264 valence electrons. The first-order valence-electron chi connectivity index (χ1n) is 16.8. The van der Waals surface area contributed by atoms with Gasteiger partial charge in [-0.1, -0.05) is 97.1 Å². The summed E-state index contributed by atoms with van der Waals surface area (Å²) in [6, 6.07) is 46.2. The van der Waals surface area contributed by atoms with E-state index in [1.807, 2.05) is 103 Å². The second-order valence-electron chi connectivity index (χ2n) is 12.2. The third-order valence-electron chi connectivity index (χ3n) is 8.78. The van der Waals surface area contributed by atoms with E-state index in [1.54, 1.807) is 45.5 Å². The fourth-order valence-corrected chi connectivity index (χ4v) is 6.17. The van der Waals surface area contributed by atoms with Crippen molar-refractivity contribution in [3.8, 4) is 22.5 Å². The molecule has 8 rings (SSSR count). The second kappa shape index (κ2) is 15.3. The Morgan fingerprint density at radius 3 is 1.44 bits per heavy atom. The van der Waals surface area contributed by atoms with Crippen LogP contribution in [0.2, 0.25) is 0 Å². The van der Waals surface area contributed by atoms with Crippen molar-refractivity contribution in [1.29, 1.82) is 0 Å². The zero-order valence-electron chi connectivity index (χ0n) is 28.6. The number of nitrogens with zero attached hydrogens (tertiary/aromatic N) is 6. The van der Waals surface area contributed by atoms with Crippen LogP contribution < -0.4 is 11.1 Å². The van der Waals surface area contributed by atoms with Gasteiger partial charge >= 0.3 is 0 Å². The smallest absolute Gasteiger partial charge is 0.278 e. The molecule has 0 amide bonds. The zero-order chi connectivity index (χ0) is 37.6. The quantitative estimate of drug-likeness (QED) is 0.113. The van der Waals surface area contributed by atoms with E-state index in [9.17, 15) is 29.8 Å². The number of rotatable bonds is 8. The van der Waals surface area contributed by atoms with Gasteiger partial charge in [-0.05, 0) is 53.6 Å². The van der Waals surface area contributed by atoms with E-state index in [2.05, 4.69) is 9.97 Å². The minimum atomic E-state index is -0.493. The lowest BCUT2D eigenvalue weighted by atomic mass is 10.1. The van der Waals surface area contributed by atoms with Crippen LogP contribution in [0.4, 0.5) is 11.4 Å². The number of fused-ring (bicyclic) bond motifs is 2. The van der Waals surface area contributed by atoms with Crippen LogP contribution in [0, 0.1) is 20.2 Å². The Kier molecular flexibility index (Phi) is 9.89. The minimum Gasteiger partial charge on any atom is -0.300 e. The summed E-state index contributed by atoms with van der Waals surface area (Å²) in [7, 11) is 0. The number of benzene rings is 6. The predicted molar refractivity (Wildman–Crippen MR) is 207 cm³/mol. The highest BCUT2D eigenvalue weighted by Gasteiger charge is 2.21. The largest absolute Gasteiger partial charge is 0.300 e. The van der Waals surface area contributed by atoms with Crippen molar-refractivity contribution in [1.82, 2.24) is 19.1 Å². The Bertz CT molecular complexity index is 2770. The second-order valence-corrected chi connectivity index (χ2v) is 12.2. The van der Waals surface area contributed by atoms with Crippen molar-refractivity contribution >= 4 is 33.4 Å². The summed E-state index contributed by atoms with van der Waals surface area (Å²) < 4.78 is 3.30. The first-order valence-corrected chi connectivity index (χ1v) is 16.8. The molecule has 0 spiro atoms. The molecule has 6 aromatic carbocycles. The highest BCUT2D eigenvalue weighted by atomic mass is 16.6. The van der Waals surface area contributed by atoms with Crippen molar-refractivity contribution in [2.24, 2.45) is 0 Å². The standard InChI is InChI=1S/2C21H15N3O3/c25-21-20(16-10-4-6-12-18(16)24(26)27)22-17-11-5-7-13-19(17)23(21)14-15-8-2-1-3-9-15;25-21-20(16-10-12-17(13-11-16)24(26)27)22-18-8-4-5-9-19(18)23(21)14-15-6-2-1-3-7-15/h2*1-13H,14H2. The van der Waals surface area contributed by atoms with Gasteiger partial charge in [0.2, 0.25) is 0 Å². The predicted octanol–water partition coefficient (Wildman–Crippen LogP) is 8.04. The van der Waals surface area contributed by atoms with Crippen molar-refractivity contribution < 1.29 is 9.85 Å². The van der Waals surface area contributed by atoms with Crippen molar-refractivity contribution in [3.63, 3.8) is 0 Å². The zero-order valence-corrected chi connectivity index (χ0v) is 28.6. The van der Waals surface area contributed by atoms with Gasteiger partial charge in [0.1, 0.15) is 11.4 Å². The lowest BCUT2D eigenvalue weighted by Crippen LogP contribution is -2.24. The highest BCUT2D eigenvalue weighted by Crippen LogP contribution is 2.27. The van der Waals surface area contributed by atoms with Crippen LogP contribution in [0.5, 0.6) is 0 Å². The summed E-state index contributed by atoms with van der Waals surface area (Å²) in [5, 5.41) is 22.3. The number of nitro groups is 2. The molecule has 0 saturated carbocycles. The van der Waals surface area contributed by atoms with E-state index in [-0.39, 0.29) is 39.4 Å². The van der Waals surface area contributed by atoms with Crippen LogP contribution in [0.1, 0.15) is 11.1 Å². The molecule has 0 unspecified atom stereocenters. The fourth-order valence-electron chi connectivity index (χ4n) is 6.17. The summed E-state index contributed by atoms with van der Waals surface area (Å²) in [5.41, 5.74) is 5.10. The van der Waals surface area contributed by atoms with Crippen LogP contribution in [-0.2, 0) is 13.1 Å². The highest BCUT2D eigenvalue weighted by molar-refractivity contribution is 5.80. The van der Waals surface area contributed by atoms with Crippen molar-refractivity contribution in [2.45, 2.75) is 13.1 Å². The summed E-state index contributed by atoms with van der Waals surface area (Å²) in [4.78, 5) is 56.7. The van der Waals surface area contributed by atoms with Crippen LogP contribution >= 0.6 is 0 Å². The van der Waals surface area contributed by atoms with Crippen LogP contribution in [0.15, 0.2) is 167 Å².